The highest BCUT2D eigenvalue weighted by atomic mass is 79.9. The Morgan fingerprint density at radius 2 is 1.72 bits per heavy atom. The first-order valence-electron chi connectivity index (χ1n) is 7.81. The van der Waals surface area contributed by atoms with Crippen molar-refractivity contribution in [2.75, 3.05) is 10.6 Å². The first kappa shape index (κ1) is 17.1. The fourth-order valence-corrected chi connectivity index (χ4v) is 2.55. The third kappa shape index (κ3) is 4.87. The Balaban J connectivity index is 1.60. The SMILES string of the molecule is Cc1cc(Nc2ccc(NC(=O)Cc3ccccc3)nn2)ccc1Br. The zero-order valence-electron chi connectivity index (χ0n) is 13.7. The molecule has 0 fully saturated rings. The average Bonchev–Trinajstić information content (AvgIpc) is 2.61. The molecule has 3 aromatic rings. The van der Waals surface area contributed by atoms with Gasteiger partial charge in [0.1, 0.15) is 0 Å². The van der Waals surface area contributed by atoms with Crippen molar-refractivity contribution in [3.63, 3.8) is 0 Å². The number of nitrogens with one attached hydrogen (secondary N) is 2. The number of aryl methyl sites for hydroxylation is 1. The molecule has 5 nitrogen and oxygen atoms in total. The summed E-state index contributed by atoms with van der Waals surface area (Å²) in [6, 6.07) is 19.0. The predicted molar refractivity (Wildman–Crippen MR) is 103 cm³/mol. The first-order chi connectivity index (χ1) is 12.1. The smallest absolute Gasteiger partial charge is 0.229 e. The van der Waals surface area contributed by atoms with Crippen LogP contribution in [0.4, 0.5) is 17.3 Å². The molecule has 6 heteroatoms. The number of nitrogens with zero attached hydrogens (tertiary/aromatic N) is 2. The van der Waals surface area contributed by atoms with E-state index in [1.165, 1.54) is 0 Å². The van der Waals surface area contributed by atoms with Crippen molar-refractivity contribution in [3.05, 3.63) is 76.3 Å². The van der Waals surface area contributed by atoms with Gasteiger partial charge in [-0.3, -0.25) is 4.79 Å². The summed E-state index contributed by atoms with van der Waals surface area (Å²) < 4.78 is 1.06. The third-order valence-electron chi connectivity index (χ3n) is 3.57. The molecular formula is C19H17BrN4O. The second kappa shape index (κ2) is 7.90. The van der Waals surface area contributed by atoms with Gasteiger partial charge in [-0.25, -0.2) is 0 Å². The summed E-state index contributed by atoms with van der Waals surface area (Å²) in [6.45, 7) is 2.02. The van der Waals surface area contributed by atoms with E-state index in [9.17, 15) is 4.79 Å². The second-order valence-corrected chi connectivity index (χ2v) is 6.46. The lowest BCUT2D eigenvalue weighted by atomic mass is 10.1. The number of aromatic nitrogens is 2. The summed E-state index contributed by atoms with van der Waals surface area (Å²) in [5.74, 6) is 0.922. The van der Waals surface area contributed by atoms with Gasteiger partial charge in [0.25, 0.3) is 0 Å². The molecule has 1 aromatic heterocycles. The number of rotatable bonds is 5. The van der Waals surface area contributed by atoms with Crippen LogP contribution in [0.15, 0.2) is 65.1 Å². The summed E-state index contributed by atoms with van der Waals surface area (Å²) in [5, 5.41) is 14.1. The molecule has 0 saturated heterocycles. The van der Waals surface area contributed by atoms with Crippen molar-refractivity contribution in [3.8, 4) is 0 Å². The minimum Gasteiger partial charge on any atom is -0.339 e. The van der Waals surface area contributed by atoms with Crippen LogP contribution in [0.25, 0.3) is 0 Å². The summed E-state index contributed by atoms with van der Waals surface area (Å²) in [5.41, 5.74) is 3.01. The Morgan fingerprint density at radius 1 is 1.00 bits per heavy atom. The van der Waals surface area contributed by atoms with E-state index in [1.54, 1.807) is 12.1 Å². The van der Waals surface area contributed by atoms with Gasteiger partial charge in [-0.05, 0) is 48.4 Å². The molecule has 0 unspecified atom stereocenters. The molecule has 0 saturated carbocycles. The zero-order valence-corrected chi connectivity index (χ0v) is 15.2. The fourth-order valence-electron chi connectivity index (χ4n) is 2.30. The van der Waals surface area contributed by atoms with Crippen LogP contribution in [0.2, 0.25) is 0 Å². The number of hydrogen-bond donors (Lipinski definition) is 2. The van der Waals surface area contributed by atoms with Gasteiger partial charge in [0.15, 0.2) is 11.6 Å². The van der Waals surface area contributed by atoms with Crippen LogP contribution in [0.1, 0.15) is 11.1 Å². The molecule has 2 N–H and O–H groups in total. The number of carbonyl (C=O) groups is 1. The summed E-state index contributed by atoms with van der Waals surface area (Å²) >= 11 is 3.47. The van der Waals surface area contributed by atoms with Gasteiger partial charge in [0.2, 0.25) is 5.91 Å². The van der Waals surface area contributed by atoms with E-state index in [-0.39, 0.29) is 5.91 Å². The fraction of sp³-hybridized carbons (Fsp3) is 0.105. The van der Waals surface area contributed by atoms with Crippen LogP contribution < -0.4 is 10.6 Å². The topological polar surface area (TPSA) is 66.9 Å². The van der Waals surface area contributed by atoms with E-state index < -0.39 is 0 Å². The summed E-state index contributed by atoms with van der Waals surface area (Å²) in [6.07, 6.45) is 0.306. The molecule has 0 aliphatic heterocycles. The second-order valence-electron chi connectivity index (χ2n) is 5.60. The van der Waals surface area contributed by atoms with Crippen molar-refractivity contribution >= 4 is 39.2 Å². The minimum absolute atomic E-state index is 0.121. The maximum atomic E-state index is 12.0. The van der Waals surface area contributed by atoms with Crippen LogP contribution in [0.3, 0.4) is 0 Å². The van der Waals surface area contributed by atoms with Crippen molar-refractivity contribution in [1.82, 2.24) is 10.2 Å². The molecule has 25 heavy (non-hydrogen) atoms. The molecule has 0 aliphatic rings. The van der Waals surface area contributed by atoms with Gasteiger partial charge in [-0.2, -0.15) is 0 Å². The van der Waals surface area contributed by atoms with Crippen LogP contribution in [0.5, 0.6) is 0 Å². The Kier molecular flexibility index (Phi) is 5.40. The summed E-state index contributed by atoms with van der Waals surface area (Å²) in [7, 11) is 0. The Labute approximate surface area is 154 Å². The molecule has 0 atom stereocenters. The molecule has 1 amide bonds. The zero-order chi connectivity index (χ0) is 17.6. The number of benzene rings is 2. The largest absolute Gasteiger partial charge is 0.339 e. The van der Waals surface area contributed by atoms with E-state index >= 15 is 0 Å². The number of hydrogen-bond acceptors (Lipinski definition) is 4. The normalized spacial score (nSPS) is 10.3. The van der Waals surface area contributed by atoms with Crippen LogP contribution in [-0.2, 0) is 11.2 Å². The summed E-state index contributed by atoms with van der Waals surface area (Å²) in [4.78, 5) is 12.0. The van der Waals surface area contributed by atoms with Crippen molar-refractivity contribution in [2.45, 2.75) is 13.3 Å². The van der Waals surface area contributed by atoms with Crippen molar-refractivity contribution in [1.29, 1.82) is 0 Å². The van der Waals surface area contributed by atoms with Crippen LogP contribution >= 0.6 is 15.9 Å². The predicted octanol–water partition coefficient (Wildman–Crippen LogP) is 4.47. The molecule has 2 aromatic carbocycles. The van der Waals surface area contributed by atoms with Gasteiger partial charge in [0.05, 0.1) is 6.42 Å². The Bertz CT molecular complexity index is 866. The number of carbonyl (C=O) groups excluding carboxylic acids is 1. The van der Waals surface area contributed by atoms with Crippen molar-refractivity contribution < 1.29 is 4.79 Å². The minimum atomic E-state index is -0.121. The van der Waals surface area contributed by atoms with Gasteiger partial charge in [-0.15, -0.1) is 10.2 Å². The lowest BCUT2D eigenvalue weighted by Crippen LogP contribution is -2.15. The van der Waals surface area contributed by atoms with Crippen LogP contribution in [-0.4, -0.2) is 16.1 Å². The lowest BCUT2D eigenvalue weighted by molar-refractivity contribution is -0.115. The monoisotopic (exact) mass is 396 g/mol. The number of halogens is 1. The Hall–Kier alpha value is -2.73. The van der Waals surface area contributed by atoms with E-state index in [2.05, 4.69) is 36.8 Å². The molecule has 1 heterocycles. The molecule has 0 radical (unpaired) electrons. The molecule has 3 rings (SSSR count). The quantitative estimate of drug-likeness (QED) is 0.667. The number of anilines is 3. The standard InChI is InChI=1S/C19H17BrN4O/c1-13-11-15(7-8-16(13)20)21-17-9-10-18(24-23-17)22-19(25)12-14-5-3-2-4-6-14/h2-11H,12H2,1H3,(H,21,23)(H,22,24,25). The van der Waals surface area contributed by atoms with Gasteiger partial charge < -0.3 is 10.6 Å². The highest BCUT2D eigenvalue weighted by Crippen LogP contribution is 2.22. The first-order valence-corrected chi connectivity index (χ1v) is 8.60. The van der Waals surface area contributed by atoms with Crippen molar-refractivity contribution in [2.24, 2.45) is 0 Å². The van der Waals surface area contributed by atoms with Gasteiger partial charge in [0, 0.05) is 10.2 Å². The van der Waals surface area contributed by atoms with Gasteiger partial charge >= 0.3 is 0 Å². The van der Waals surface area contributed by atoms with Crippen LogP contribution in [0, 0.1) is 6.92 Å². The maximum absolute atomic E-state index is 12.0. The molecule has 0 aliphatic carbocycles. The number of amides is 1. The molecule has 0 bridgehead atoms. The highest BCUT2D eigenvalue weighted by Gasteiger charge is 2.06. The maximum Gasteiger partial charge on any atom is 0.229 e. The lowest BCUT2D eigenvalue weighted by Gasteiger charge is -2.08. The van der Waals surface area contributed by atoms with E-state index in [0.29, 0.717) is 18.1 Å². The van der Waals surface area contributed by atoms with E-state index in [4.69, 9.17) is 0 Å². The third-order valence-corrected chi connectivity index (χ3v) is 4.46. The van der Waals surface area contributed by atoms with Gasteiger partial charge in [-0.1, -0.05) is 46.3 Å². The Morgan fingerprint density at radius 3 is 2.40 bits per heavy atom. The average molecular weight is 397 g/mol. The molecule has 126 valence electrons. The highest BCUT2D eigenvalue weighted by molar-refractivity contribution is 9.10. The molecular weight excluding hydrogens is 380 g/mol. The van der Waals surface area contributed by atoms with E-state index in [0.717, 1.165) is 21.3 Å². The molecule has 0 spiro atoms. The van der Waals surface area contributed by atoms with E-state index in [1.807, 2.05) is 55.5 Å².